The Kier molecular flexibility index (Phi) is 5.39. The molecule has 6 nitrogen and oxygen atoms in total. The quantitative estimate of drug-likeness (QED) is 0.909. The van der Waals surface area contributed by atoms with Gasteiger partial charge in [-0.25, -0.2) is 0 Å². The number of aromatic nitrogens is 1. The molecule has 23 heavy (non-hydrogen) atoms. The number of nitrogens with one attached hydrogen (secondary N) is 1. The Balaban J connectivity index is 2.04. The van der Waals surface area contributed by atoms with Crippen LogP contribution in [0.1, 0.15) is 24.7 Å². The summed E-state index contributed by atoms with van der Waals surface area (Å²) in [5, 5.41) is 6.90. The van der Waals surface area contributed by atoms with E-state index in [1.165, 1.54) is 11.8 Å². The van der Waals surface area contributed by atoms with Crippen molar-refractivity contribution in [3.8, 4) is 0 Å². The molecule has 0 spiro atoms. The number of anilines is 2. The van der Waals surface area contributed by atoms with Crippen molar-refractivity contribution in [1.29, 1.82) is 0 Å². The Labute approximate surface area is 139 Å². The molecule has 0 radical (unpaired) electrons. The predicted molar refractivity (Wildman–Crippen MR) is 88.7 cm³/mol. The molecule has 1 N–H and O–H groups in total. The maximum atomic E-state index is 12.0. The van der Waals surface area contributed by atoms with Gasteiger partial charge in [-0.3, -0.25) is 9.59 Å². The van der Waals surface area contributed by atoms with Gasteiger partial charge in [-0.05, 0) is 31.5 Å². The van der Waals surface area contributed by atoms with Crippen LogP contribution in [-0.4, -0.2) is 23.5 Å². The number of amides is 2. The zero-order valence-corrected chi connectivity index (χ0v) is 14.0. The van der Waals surface area contributed by atoms with Crippen LogP contribution in [0.2, 0.25) is 5.02 Å². The molecule has 7 heteroatoms. The molecule has 0 aliphatic heterocycles. The van der Waals surface area contributed by atoms with E-state index >= 15 is 0 Å². The van der Waals surface area contributed by atoms with Crippen LogP contribution in [0.15, 0.2) is 28.8 Å². The van der Waals surface area contributed by atoms with Gasteiger partial charge in [-0.2, -0.15) is 0 Å². The van der Waals surface area contributed by atoms with E-state index in [1.807, 2.05) is 13.0 Å². The largest absolute Gasteiger partial charge is 0.360 e. The fraction of sp³-hybridized carbons (Fsp3) is 0.312. The molecule has 0 aliphatic carbocycles. The number of hydrogen-bond donors (Lipinski definition) is 1. The van der Waals surface area contributed by atoms with Gasteiger partial charge in [0.25, 0.3) is 0 Å². The molecule has 0 saturated carbocycles. The van der Waals surface area contributed by atoms with Gasteiger partial charge in [-0.1, -0.05) is 22.8 Å². The van der Waals surface area contributed by atoms with Crippen LogP contribution in [0, 0.1) is 13.8 Å². The molecule has 0 fully saturated rings. The number of nitrogens with zero attached hydrogens (tertiary/aromatic N) is 2. The molecule has 1 aromatic carbocycles. The number of carbonyl (C=O) groups is 2. The fourth-order valence-electron chi connectivity index (χ4n) is 2.18. The third-order valence-electron chi connectivity index (χ3n) is 3.37. The van der Waals surface area contributed by atoms with E-state index in [1.54, 1.807) is 25.1 Å². The lowest BCUT2D eigenvalue weighted by molar-refractivity contribution is -0.117. The Morgan fingerprint density at radius 3 is 2.70 bits per heavy atom. The van der Waals surface area contributed by atoms with Crippen LogP contribution in [0.25, 0.3) is 0 Å². The summed E-state index contributed by atoms with van der Waals surface area (Å²) in [7, 11) is 0. The molecule has 2 rings (SSSR count). The number of benzene rings is 1. The number of halogens is 1. The summed E-state index contributed by atoms with van der Waals surface area (Å²) in [4.78, 5) is 25.4. The predicted octanol–water partition coefficient (Wildman–Crippen LogP) is 3.33. The second kappa shape index (κ2) is 7.28. The molecule has 0 atom stereocenters. The average molecular weight is 336 g/mol. The van der Waals surface area contributed by atoms with E-state index in [0.29, 0.717) is 22.3 Å². The van der Waals surface area contributed by atoms with E-state index in [4.69, 9.17) is 16.1 Å². The maximum Gasteiger partial charge on any atom is 0.227 e. The Bertz CT molecular complexity index is 727. The Morgan fingerprint density at radius 2 is 2.09 bits per heavy atom. The summed E-state index contributed by atoms with van der Waals surface area (Å²) >= 11 is 6.10. The summed E-state index contributed by atoms with van der Waals surface area (Å²) in [6.07, 6.45) is 0.136. The van der Waals surface area contributed by atoms with E-state index in [-0.39, 0.29) is 24.8 Å². The van der Waals surface area contributed by atoms with Crippen molar-refractivity contribution < 1.29 is 14.1 Å². The molecule has 2 aromatic rings. The van der Waals surface area contributed by atoms with E-state index in [0.717, 1.165) is 5.56 Å². The molecule has 0 aliphatic rings. The second-order valence-electron chi connectivity index (χ2n) is 5.18. The van der Waals surface area contributed by atoms with Crippen LogP contribution >= 0.6 is 11.6 Å². The van der Waals surface area contributed by atoms with Crippen LogP contribution < -0.4 is 10.2 Å². The van der Waals surface area contributed by atoms with Crippen molar-refractivity contribution in [3.05, 3.63) is 40.6 Å². The number of rotatable bonds is 5. The minimum absolute atomic E-state index is 0.136. The molecule has 122 valence electrons. The van der Waals surface area contributed by atoms with Gasteiger partial charge in [0, 0.05) is 36.7 Å². The highest BCUT2D eigenvalue weighted by molar-refractivity contribution is 6.31. The Hall–Kier alpha value is -2.34. The maximum absolute atomic E-state index is 12.0. The molecular weight excluding hydrogens is 318 g/mol. The highest BCUT2D eigenvalue weighted by Gasteiger charge is 2.17. The zero-order valence-electron chi connectivity index (χ0n) is 13.2. The molecule has 1 aromatic heterocycles. The van der Waals surface area contributed by atoms with Crippen molar-refractivity contribution in [2.45, 2.75) is 27.2 Å². The Morgan fingerprint density at radius 1 is 1.35 bits per heavy atom. The van der Waals surface area contributed by atoms with Crippen molar-refractivity contribution >= 4 is 34.9 Å². The zero-order chi connectivity index (χ0) is 17.0. The lowest BCUT2D eigenvalue weighted by Crippen LogP contribution is -2.32. The lowest BCUT2D eigenvalue weighted by atomic mass is 10.1. The average Bonchev–Trinajstić information content (AvgIpc) is 2.88. The topological polar surface area (TPSA) is 75.4 Å². The van der Waals surface area contributed by atoms with Gasteiger partial charge in [0.15, 0.2) is 5.82 Å². The van der Waals surface area contributed by atoms with Crippen LogP contribution in [0.5, 0.6) is 0 Å². The van der Waals surface area contributed by atoms with Crippen LogP contribution in [-0.2, 0) is 9.59 Å². The third-order valence-corrected chi connectivity index (χ3v) is 3.78. The molecule has 0 bridgehead atoms. The summed E-state index contributed by atoms with van der Waals surface area (Å²) in [5.41, 5.74) is 1.51. The first kappa shape index (κ1) is 17.0. The monoisotopic (exact) mass is 335 g/mol. The van der Waals surface area contributed by atoms with Crippen LogP contribution in [0.4, 0.5) is 11.5 Å². The fourth-order valence-corrected chi connectivity index (χ4v) is 2.35. The summed E-state index contributed by atoms with van der Waals surface area (Å²) in [6, 6.07) is 6.97. The second-order valence-corrected chi connectivity index (χ2v) is 5.58. The minimum atomic E-state index is -0.246. The number of aryl methyl sites for hydroxylation is 1. The normalized spacial score (nSPS) is 10.4. The summed E-state index contributed by atoms with van der Waals surface area (Å²) in [6.45, 7) is 5.28. The molecular formula is C16H18ClN3O3. The van der Waals surface area contributed by atoms with Gasteiger partial charge in [0.2, 0.25) is 11.8 Å². The van der Waals surface area contributed by atoms with Crippen molar-refractivity contribution in [3.63, 3.8) is 0 Å². The van der Waals surface area contributed by atoms with E-state index in [2.05, 4.69) is 10.5 Å². The molecule has 0 unspecified atom stereocenters. The first-order chi connectivity index (χ1) is 10.9. The lowest BCUT2D eigenvalue weighted by Gasteiger charge is -2.23. The van der Waals surface area contributed by atoms with Gasteiger partial charge in [-0.15, -0.1) is 0 Å². The van der Waals surface area contributed by atoms with Crippen molar-refractivity contribution in [2.24, 2.45) is 0 Å². The van der Waals surface area contributed by atoms with E-state index in [9.17, 15) is 9.59 Å². The first-order valence-electron chi connectivity index (χ1n) is 7.15. The molecule has 2 amide bonds. The summed E-state index contributed by atoms with van der Waals surface area (Å²) < 4.78 is 4.88. The van der Waals surface area contributed by atoms with Crippen molar-refractivity contribution in [1.82, 2.24) is 5.16 Å². The number of carbonyl (C=O) groups excluding carboxylic acids is 2. The standard InChI is InChI=1S/C16H18ClN3O3/c1-10-9-15(19-23-10)18-16(22)7-8-20(12(3)21)14-6-4-5-13(17)11(14)2/h4-6,9H,7-8H2,1-3H3,(H,18,19,22). The van der Waals surface area contributed by atoms with Gasteiger partial charge in [0.1, 0.15) is 5.76 Å². The third kappa shape index (κ3) is 4.32. The van der Waals surface area contributed by atoms with E-state index < -0.39 is 0 Å². The SMILES string of the molecule is CC(=O)N(CCC(=O)Nc1cc(C)on1)c1cccc(Cl)c1C. The highest BCUT2D eigenvalue weighted by Crippen LogP contribution is 2.26. The minimum Gasteiger partial charge on any atom is -0.360 e. The molecule has 0 saturated heterocycles. The smallest absolute Gasteiger partial charge is 0.227 e. The van der Waals surface area contributed by atoms with Gasteiger partial charge >= 0.3 is 0 Å². The van der Waals surface area contributed by atoms with Crippen molar-refractivity contribution in [2.75, 3.05) is 16.8 Å². The number of hydrogen-bond acceptors (Lipinski definition) is 4. The molecule has 1 heterocycles. The van der Waals surface area contributed by atoms with Gasteiger partial charge in [0.05, 0.1) is 0 Å². The highest BCUT2D eigenvalue weighted by atomic mass is 35.5. The summed E-state index contributed by atoms with van der Waals surface area (Å²) in [5.74, 6) is 0.575. The van der Waals surface area contributed by atoms with Gasteiger partial charge < -0.3 is 14.7 Å². The first-order valence-corrected chi connectivity index (χ1v) is 7.52. The van der Waals surface area contributed by atoms with Crippen LogP contribution in [0.3, 0.4) is 0 Å².